The van der Waals surface area contributed by atoms with Crippen LogP contribution in [-0.4, -0.2) is 24.6 Å². The summed E-state index contributed by atoms with van der Waals surface area (Å²) in [5, 5.41) is 0. The molecule has 0 aromatic heterocycles. The Morgan fingerprint density at radius 2 is 2.00 bits per heavy atom. The van der Waals surface area contributed by atoms with Crippen molar-refractivity contribution in [1.29, 1.82) is 0 Å². The zero-order valence-corrected chi connectivity index (χ0v) is 12.3. The number of aliphatic imine (C=N–C) groups is 1. The molecule has 1 atom stereocenters. The van der Waals surface area contributed by atoms with Gasteiger partial charge in [-0.2, -0.15) is 0 Å². The van der Waals surface area contributed by atoms with Gasteiger partial charge < -0.3 is 4.74 Å². The largest absolute Gasteiger partial charge is 0.465 e. The molecule has 108 valence electrons. The zero-order chi connectivity index (χ0) is 15.0. The molecule has 0 saturated carbocycles. The molecule has 0 spiro atoms. The predicted molar refractivity (Wildman–Crippen MR) is 79.4 cm³/mol. The van der Waals surface area contributed by atoms with Crippen LogP contribution in [0.25, 0.3) is 0 Å². The smallest absolute Gasteiger partial charge is 0.321 e. The number of ether oxygens (including phenoxy) is 1. The van der Waals surface area contributed by atoms with Crippen molar-refractivity contribution in [3.05, 3.63) is 29.8 Å². The summed E-state index contributed by atoms with van der Waals surface area (Å²) in [6.45, 7) is 5.81. The molecule has 0 saturated heterocycles. The Labute approximate surface area is 119 Å². The van der Waals surface area contributed by atoms with Crippen LogP contribution in [0.4, 0.5) is 5.69 Å². The molecule has 0 bridgehead atoms. The van der Waals surface area contributed by atoms with Gasteiger partial charge >= 0.3 is 5.97 Å². The van der Waals surface area contributed by atoms with E-state index in [1.54, 1.807) is 6.92 Å². The maximum atomic E-state index is 12.0. The molecular formula is C16H21NO3. The Bertz CT molecular complexity index is 476. The third-order valence-corrected chi connectivity index (χ3v) is 2.86. The molecule has 20 heavy (non-hydrogen) atoms. The van der Waals surface area contributed by atoms with Crippen molar-refractivity contribution in [3.63, 3.8) is 0 Å². The van der Waals surface area contributed by atoms with E-state index >= 15 is 0 Å². The predicted octanol–water partition coefficient (Wildman–Crippen LogP) is 3.25. The summed E-state index contributed by atoms with van der Waals surface area (Å²) in [4.78, 5) is 28.1. The first-order valence-electron chi connectivity index (χ1n) is 6.89. The van der Waals surface area contributed by atoms with E-state index in [2.05, 4.69) is 4.99 Å². The highest BCUT2D eigenvalue weighted by atomic mass is 16.5. The quantitative estimate of drug-likeness (QED) is 0.436. The number of benzene rings is 1. The molecule has 0 aliphatic rings. The number of hydrogen-bond acceptors (Lipinski definition) is 4. The SMILES string of the molecule is CCCC(=O)C(C=Nc1ccccc1C)C(=O)OCC. The van der Waals surface area contributed by atoms with E-state index in [0.29, 0.717) is 12.8 Å². The van der Waals surface area contributed by atoms with Crippen LogP contribution < -0.4 is 0 Å². The van der Waals surface area contributed by atoms with Gasteiger partial charge in [-0.25, -0.2) is 0 Å². The monoisotopic (exact) mass is 275 g/mol. The summed E-state index contributed by atoms with van der Waals surface area (Å²) in [6.07, 6.45) is 2.45. The standard InChI is InChI=1S/C16H21NO3/c1-4-8-15(18)13(16(19)20-5-2)11-17-14-10-7-6-9-12(14)3/h6-7,9-11,13H,4-5,8H2,1-3H3. The fraction of sp³-hybridized carbons (Fsp3) is 0.438. The summed E-state index contributed by atoms with van der Waals surface area (Å²) >= 11 is 0. The molecule has 0 heterocycles. The van der Waals surface area contributed by atoms with E-state index in [4.69, 9.17) is 4.74 Å². The third-order valence-electron chi connectivity index (χ3n) is 2.86. The number of aryl methyl sites for hydroxylation is 1. The topological polar surface area (TPSA) is 55.7 Å². The molecule has 1 aromatic rings. The second-order valence-corrected chi connectivity index (χ2v) is 4.51. The molecule has 4 heteroatoms. The molecule has 1 unspecified atom stereocenters. The zero-order valence-electron chi connectivity index (χ0n) is 12.3. The Morgan fingerprint density at radius 3 is 2.60 bits per heavy atom. The van der Waals surface area contributed by atoms with Crippen LogP contribution in [0.3, 0.4) is 0 Å². The van der Waals surface area contributed by atoms with E-state index in [1.807, 2.05) is 38.1 Å². The highest BCUT2D eigenvalue weighted by Gasteiger charge is 2.25. The average Bonchev–Trinajstić information content (AvgIpc) is 2.41. The number of esters is 1. The summed E-state index contributed by atoms with van der Waals surface area (Å²) < 4.78 is 4.94. The molecule has 0 fully saturated rings. The van der Waals surface area contributed by atoms with Gasteiger partial charge in [-0.05, 0) is 31.9 Å². The third kappa shape index (κ3) is 4.61. The number of carbonyl (C=O) groups is 2. The summed E-state index contributed by atoms with van der Waals surface area (Å²) in [5.41, 5.74) is 1.75. The molecule has 0 N–H and O–H groups in total. The lowest BCUT2D eigenvalue weighted by Crippen LogP contribution is -2.27. The number of rotatable bonds is 7. The van der Waals surface area contributed by atoms with Gasteiger partial charge in [0.1, 0.15) is 0 Å². The Kier molecular flexibility index (Phi) is 6.64. The molecule has 1 rings (SSSR count). The molecule has 4 nitrogen and oxygen atoms in total. The van der Waals surface area contributed by atoms with Crippen molar-refractivity contribution in [2.75, 3.05) is 6.61 Å². The van der Waals surface area contributed by atoms with Crippen molar-refractivity contribution in [2.24, 2.45) is 10.9 Å². The van der Waals surface area contributed by atoms with Crippen molar-refractivity contribution in [1.82, 2.24) is 0 Å². The minimum Gasteiger partial charge on any atom is -0.465 e. The first kappa shape index (κ1) is 16.1. The van der Waals surface area contributed by atoms with Gasteiger partial charge in [-0.3, -0.25) is 14.6 Å². The van der Waals surface area contributed by atoms with Crippen LogP contribution in [0.1, 0.15) is 32.3 Å². The molecule has 1 aromatic carbocycles. The Morgan fingerprint density at radius 1 is 1.30 bits per heavy atom. The van der Waals surface area contributed by atoms with E-state index in [9.17, 15) is 9.59 Å². The summed E-state index contributed by atoms with van der Waals surface area (Å²) in [7, 11) is 0. The number of ketones is 1. The van der Waals surface area contributed by atoms with Gasteiger partial charge in [0.25, 0.3) is 0 Å². The second kappa shape index (κ2) is 8.25. The minimum atomic E-state index is -0.908. The Balaban J connectivity index is 2.91. The lowest BCUT2D eigenvalue weighted by atomic mass is 10.0. The number of Topliss-reactive ketones (excluding diaryl/α,β-unsaturated/α-hetero) is 1. The van der Waals surface area contributed by atoms with Crippen molar-refractivity contribution >= 4 is 23.7 Å². The van der Waals surface area contributed by atoms with Crippen molar-refractivity contribution < 1.29 is 14.3 Å². The van der Waals surface area contributed by atoms with Crippen molar-refractivity contribution in [2.45, 2.75) is 33.6 Å². The number of carbonyl (C=O) groups excluding carboxylic acids is 2. The van der Waals surface area contributed by atoms with Crippen molar-refractivity contribution in [3.8, 4) is 0 Å². The lowest BCUT2D eigenvalue weighted by molar-refractivity contribution is -0.148. The van der Waals surface area contributed by atoms with Gasteiger partial charge in [0, 0.05) is 12.6 Å². The molecule has 0 radical (unpaired) electrons. The lowest BCUT2D eigenvalue weighted by Gasteiger charge is -2.09. The van der Waals surface area contributed by atoms with E-state index in [0.717, 1.165) is 11.3 Å². The molecule has 0 aliphatic heterocycles. The number of para-hydroxylation sites is 1. The first-order chi connectivity index (χ1) is 9.60. The van der Waals surface area contributed by atoms with Crippen LogP contribution in [0.15, 0.2) is 29.3 Å². The maximum absolute atomic E-state index is 12.0. The summed E-state index contributed by atoms with van der Waals surface area (Å²) in [5.74, 6) is -1.58. The molecule has 0 aliphatic carbocycles. The number of hydrogen-bond donors (Lipinski definition) is 0. The van der Waals surface area contributed by atoms with E-state index < -0.39 is 11.9 Å². The van der Waals surface area contributed by atoms with E-state index in [1.165, 1.54) is 6.21 Å². The van der Waals surface area contributed by atoms with Gasteiger partial charge in [0.05, 0.1) is 12.3 Å². The van der Waals surface area contributed by atoms with Crippen LogP contribution in [0.5, 0.6) is 0 Å². The average molecular weight is 275 g/mol. The normalized spacial score (nSPS) is 12.3. The van der Waals surface area contributed by atoms with Gasteiger partial charge in [0.2, 0.25) is 0 Å². The highest BCUT2D eigenvalue weighted by molar-refractivity contribution is 6.12. The van der Waals surface area contributed by atoms with Gasteiger partial charge in [0.15, 0.2) is 11.7 Å². The molecular weight excluding hydrogens is 254 g/mol. The summed E-state index contributed by atoms with van der Waals surface area (Å²) in [6, 6.07) is 7.56. The Hall–Kier alpha value is -1.97. The fourth-order valence-electron chi connectivity index (χ4n) is 1.77. The number of nitrogens with zero attached hydrogens (tertiary/aromatic N) is 1. The minimum absolute atomic E-state index is 0.150. The second-order valence-electron chi connectivity index (χ2n) is 4.51. The van der Waals surface area contributed by atoms with Crippen LogP contribution in [0, 0.1) is 12.8 Å². The maximum Gasteiger partial charge on any atom is 0.321 e. The van der Waals surface area contributed by atoms with Gasteiger partial charge in [-0.1, -0.05) is 25.1 Å². The van der Waals surface area contributed by atoms with Gasteiger partial charge in [-0.15, -0.1) is 0 Å². The van der Waals surface area contributed by atoms with Crippen LogP contribution in [-0.2, 0) is 14.3 Å². The highest BCUT2D eigenvalue weighted by Crippen LogP contribution is 2.17. The fourth-order valence-corrected chi connectivity index (χ4v) is 1.77. The van der Waals surface area contributed by atoms with E-state index in [-0.39, 0.29) is 12.4 Å². The van der Waals surface area contributed by atoms with Crippen LogP contribution >= 0.6 is 0 Å². The first-order valence-corrected chi connectivity index (χ1v) is 6.89. The van der Waals surface area contributed by atoms with Crippen LogP contribution in [0.2, 0.25) is 0 Å². The molecule has 0 amide bonds.